The first-order valence-electron chi connectivity index (χ1n) is 7.04. The molecule has 0 amide bonds. The Labute approximate surface area is 119 Å². The Morgan fingerprint density at radius 2 is 2.30 bits per heavy atom. The molecule has 0 radical (unpaired) electrons. The van der Waals surface area contributed by atoms with Gasteiger partial charge in [0.2, 0.25) is 0 Å². The summed E-state index contributed by atoms with van der Waals surface area (Å²) in [6, 6.07) is 3.49. The zero-order chi connectivity index (χ0) is 14.8. The first-order chi connectivity index (χ1) is 9.39. The molecule has 0 saturated carbocycles. The van der Waals surface area contributed by atoms with Crippen LogP contribution in [0.1, 0.15) is 49.7 Å². The van der Waals surface area contributed by atoms with Gasteiger partial charge < -0.3 is 15.2 Å². The van der Waals surface area contributed by atoms with Gasteiger partial charge in [0, 0.05) is 18.3 Å². The van der Waals surface area contributed by atoms with Crippen molar-refractivity contribution in [3.8, 4) is 0 Å². The first kappa shape index (κ1) is 14.8. The van der Waals surface area contributed by atoms with Crippen molar-refractivity contribution < 1.29 is 14.6 Å². The summed E-state index contributed by atoms with van der Waals surface area (Å²) in [5.74, 6) is -0.276. The summed E-state index contributed by atoms with van der Waals surface area (Å²) in [6.07, 6.45) is 2.51. The number of rotatable bonds is 4. The number of nitrogens with one attached hydrogen (secondary N) is 1. The zero-order valence-corrected chi connectivity index (χ0v) is 12.3. The molecule has 5 heteroatoms. The number of carbonyl (C=O) groups is 1. The van der Waals surface area contributed by atoms with E-state index in [-0.39, 0.29) is 17.2 Å². The lowest BCUT2D eigenvalue weighted by Gasteiger charge is -2.36. The van der Waals surface area contributed by atoms with Gasteiger partial charge in [-0.15, -0.1) is 0 Å². The molecule has 0 aliphatic carbocycles. The van der Waals surface area contributed by atoms with Gasteiger partial charge in [0.25, 0.3) is 0 Å². The fraction of sp³-hybridized carbons (Fsp3) is 0.600. The van der Waals surface area contributed by atoms with Crippen LogP contribution in [0.15, 0.2) is 12.1 Å². The average molecular weight is 278 g/mol. The molecule has 1 atom stereocenters. The van der Waals surface area contributed by atoms with Crippen LogP contribution in [0.25, 0.3) is 0 Å². The second kappa shape index (κ2) is 5.79. The molecule has 110 valence electrons. The molecule has 2 heterocycles. The van der Waals surface area contributed by atoms with Crippen LogP contribution >= 0.6 is 0 Å². The van der Waals surface area contributed by atoms with E-state index in [9.17, 15) is 4.79 Å². The van der Waals surface area contributed by atoms with Crippen LogP contribution in [-0.4, -0.2) is 34.3 Å². The monoisotopic (exact) mass is 278 g/mol. The lowest BCUT2D eigenvalue weighted by molar-refractivity contribution is -0.0553. The fourth-order valence-electron chi connectivity index (χ4n) is 2.53. The number of aromatic nitrogens is 1. The maximum absolute atomic E-state index is 11.1. The van der Waals surface area contributed by atoms with Gasteiger partial charge in [-0.1, -0.05) is 6.92 Å². The van der Waals surface area contributed by atoms with Crippen molar-refractivity contribution in [2.45, 2.75) is 51.7 Å². The van der Waals surface area contributed by atoms with E-state index in [1.165, 1.54) is 0 Å². The number of pyridine rings is 1. The van der Waals surface area contributed by atoms with Crippen molar-refractivity contribution in [2.24, 2.45) is 0 Å². The summed E-state index contributed by atoms with van der Waals surface area (Å²) in [7, 11) is 0. The largest absolute Gasteiger partial charge is 0.478 e. The molecule has 1 unspecified atom stereocenters. The number of aryl methyl sites for hydroxylation is 1. The Hall–Kier alpha value is -1.62. The third kappa shape index (κ3) is 3.70. The number of carboxylic acid groups (broad SMARTS) is 1. The van der Waals surface area contributed by atoms with Gasteiger partial charge in [-0.2, -0.15) is 0 Å². The Morgan fingerprint density at radius 1 is 1.55 bits per heavy atom. The van der Waals surface area contributed by atoms with Crippen LogP contribution in [0.3, 0.4) is 0 Å². The smallest absolute Gasteiger partial charge is 0.335 e. The van der Waals surface area contributed by atoms with Gasteiger partial charge >= 0.3 is 5.97 Å². The number of aromatic carboxylic acids is 1. The number of carboxylic acids is 1. The zero-order valence-electron chi connectivity index (χ0n) is 12.3. The average Bonchev–Trinajstić information content (AvgIpc) is 2.37. The van der Waals surface area contributed by atoms with E-state index in [4.69, 9.17) is 9.84 Å². The Morgan fingerprint density at radius 3 is 2.90 bits per heavy atom. The van der Waals surface area contributed by atoms with Crippen LogP contribution in [0, 0.1) is 0 Å². The van der Waals surface area contributed by atoms with Crippen LogP contribution < -0.4 is 5.32 Å². The number of hydrogen-bond donors (Lipinski definition) is 2. The van der Waals surface area contributed by atoms with Crippen molar-refractivity contribution in [2.75, 3.05) is 11.9 Å². The fourth-order valence-corrected chi connectivity index (χ4v) is 2.53. The van der Waals surface area contributed by atoms with Crippen molar-refractivity contribution in [1.82, 2.24) is 4.98 Å². The highest BCUT2D eigenvalue weighted by Crippen LogP contribution is 2.26. The molecule has 0 aromatic carbocycles. The Bertz CT molecular complexity index is 500. The number of ether oxygens (including phenoxy) is 1. The molecular formula is C15H22N2O3. The molecule has 1 aromatic heterocycles. The summed E-state index contributed by atoms with van der Waals surface area (Å²) in [5.41, 5.74) is 0.929. The molecule has 1 saturated heterocycles. The van der Waals surface area contributed by atoms with Crippen molar-refractivity contribution in [3.63, 3.8) is 0 Å². The minimum Gasteiger partial charge on any atom is -0.478 e. The predicted molar refractivity (Wildman–Crippen MR) is 77.3 cm³/mol. The molecule has 0 bridgehead atoms. The SMILES string of the molecule is CCc1cc(C(=O)O)cc(NC2CCOC(C)(C)C2)n1. The van der Waals surface area contributed by atoms with Crippen molar-refractivity contribution in [3.05, 3.63) is 23.4 Å². The quantitative estimate of drug-likeness (QED) is 0.886. The minimum atomic E-state index is -0.919. The second-order valence-electron chi connectivity index (χ2n) is 5.83. The Balaban J connectivity index is 2.16. The summed E-state index contributed by atoms with van der Waals surface area (Å²) in [5, 5.41) is 12.5. The summed E-state index contributed by atoms with van der Waals surface area (Å²) in [4.78, 5) is 15.6. The van der Waals surface area contributed by atoms with Gasteiger partial charge in [-0.05, 0) is 45.2 Å². The van der Waals surface area contributed by atoms with E-state index in [1.807, 2.05) is 6.92 Å². The lowest BCUT2D eigenvalue weighted by Crippen LogP contribution is -2.40. The number of anilines is 1. The maximum atomic E-state index is 11.1. The molecule has 0 spiro atoms. The molecule has 2 rings (SSSR count). The summed E-state index contributed by atoms with van der Waals surface area (Å²) < 4.78 is 5.69. The Kier molecular flexibility index (Phi) is 4.28. The van der Waals surface area contributed by atoms with Gasteiger partial charge in [0.1, 0.15) is 5.82 Å². The molecule has 5 nitrogen and oxygen atoms in total. The topological polar surface area (TPSA) is 71.5 Å². The van der Waals surface area contributed by atoms with Crippen LogP contribution in [0.4, 0.5) is 5.82 Å². The van der Waals surface area contributed by atoms with E-state index in [0.717, 1.165) is 25.0 Å². The molecule has 1 aromatic rings. The molecule has 20 heavy (non-hydrogen) atoms. The summed E-state index contributed by atoms with van der Waals surface area (Å²) in [6.45, 7) is 6.82. The van der Waals surface area contributed by atoms with E-state index >= 15 is 0 Å². The third-order valence-electron chi connectivity index (χ3n) is 3.54. The van der Waals surface area contributed by atoms with Gasteiger partial charge in [0.15, 0.2) is 0 Å². The van der Waals surface area contributed by atoms with Gasteiger partial charge in [-0.3, -0.25) is 0 Å². The molecule has 1 aliphatic heterocycles. The number of hydrogen-bond acceptors (Lipinski definition) is 4. The molecule has 2 N–H and O–H groups in total. The molecule has 1 aliphatic rings. The second-order valence-corrected chi connectivity index (χ2v) is 5.83. The van der Waals surface area contributed by atoms with E-state index in [1.54, 1.807) is 12.1 Å². The summed E-state index contributed by atoms with van der Waals surface area (Å²) >= 11 is 0. The van der Waals surface area contributed by atoms with E-state index < -0.39 is 5.97 Å². The standard InChI is InChI=1S/C15H22N2O3/c1-4-11-7-10(14(18)19)8-13(16-11)17-12-5-6-20-15(2,3)9-12/h7-8,12H,4-6,9H2,1-3H3,(H,16,17)(H,18,19). The third-order valence-corrected chi connectivity index (χ3v) is 3.54. The maximum Gasteiger partial charge on any atom is 0.335 e. The highest BCUT2D eigenvalue weighted by molar-refractivity contribution is 5.88. The van der Waals surface area contributed by atoms with Crippen molar-refractivity contribution in [1.29, 1.82) is 0 Å². The van der Waals surface area contributed by atoms with Crippen molar-refractivity contribution >= 4 is 11.8 Å². The van der Waals surface area contributed by atoms with Crippen LogP contribution in [0.5, 0.6) is 0 Å². The minimum absolute atomic E-state index is 0.145. The van der Waals surface area contributed by atoms with E-state index in [2.05, 4.69) is 24.1 Å². The molecule has 1 fully saturated rings. The predicted octanol–water partition coefficient (Wildman–Crippen LogP) is 2.71. The van der Waals surface area contributed by atoms with Gasteiger partial charge in [0.05, 0.1) is 11.2 Å². The highest BCUT2D eigenvalue weighted by atomic mass is 16.5. The van der Waals surface area contributed by atoms with E-state index in [0.29, 0.717) is 12.4 Å². The van der Waals surface area contributed by atoms with Gasteiger partial charge in [-0.25, -0.2) is 9.78 Å². The van der Waals surface area contributed by atoms with Crippen LogP contribution in [0.2, 0.25) is 0 Å². The number of nitrogens with zero attached hydrogens (tertiary/aromatic N) is 1. The normalized spacial score (nSPS) is 21.4. The molecular weight excluding hydrogens is 256 g/mol. The lowest BCUT2D eigenvalue weighted by atomic mass is 9.94. The highest BCUT2D eigenvalue weighted by Gasteiger charge is 2.29. The van der Waals surface area contributed by atoms with Crippen LogP contribution in [-0.2, 0) is 11.2 Å². The first-order valence-corrected chi connectivity index (χ1v) is 7.04.